The highest BCUT2D eigenvalue weighted by atomic mass is 32.2. The highest BCUT2D eigenvalue weighted by molar-refractivity contribution is 8.02. The standard InChI is InChI=1S/C21H18OS/c22-21(18-10-4-1-5-11-18,19-12-6-2-7-13-19)16-17-23-20-14-8-3-9-15-20/h1-17,22H/b17-16+. The van der Waals surface area contributed by atoms with Crippen LogP contribution < -0.4 is 0 Å². The molecule has 1 N–H and O–H groups in total. The fraction of sp³-hybridized carbons (Fsp3) is 0.0476. The molecule has 0 unspecified atom stereocenters. The third-order valence-corrected chi connectivity index (χ3v) is 4.50. The number of rotatable bonds is 5. The molecule has 0 aliphatic carbocycles. The van der Waals surface area contributed by atoms with Gasteiger partial charge in [0, 0.05) is 4.90 Å². The van der Waals surface area contributed by atoms with Gasteiger partial charge in [0.15, 0.2) is 0 Å². The van der Waals surface area contributed by atoms with Crippen molar-refractivity contribution < 1.29 is 5.11 Å². The maximum atomic E-state index is 11.3. The largest absolute Gasteiger partial charge is 0.377 e. The van der Waals surface area contributed by atoms with Crippen molar-refractivity contribution in [2.75, 3.05) is 0 Å². The predicted molar refractivity (Wildman–Crippen MR) is 97.3 cm³/mol. The number of thioether (sulfide) groups is 1. The number of hydrogen-bond donors (Lipinski definition) is 1. The van der Waals surface area contributed by atoms with Gasteiger partial charge in [0.2, 0.25) is 0 Å². The molecule has 0 radical (unpaired) electrons. The molecule has 3 aromatic rings. The zero-order chi connectivity index (χ0) is 16.0. The summed E-state index contributed by atoms with van der Waals surface area (Å²) < 4.78 is 0. The third kappa shape index (κ3) is 3.73. The van der Waals surface area contributed by atoms with Crippen molar-refractivity contribution in [3.05, 3.63) is 114 Å². The van der Waals surface area contributed by atoms with E-state index in [4.69, 9.17) is 0 Å². The Kier molecular flexibility index (Phi) is 4.96. The molecule has 0 fully saturated rings. The van der Waals surface area contributed by atoms with Crippen LogP contribution in [0.3, 0.4) is 0 Å². The maximum Gasteiger partial charge on any atom is 0.134 e. The van der Waals surface area contributed by atoms with E-state index in [2.05, 4.69) is 12.1 Å². The Morgan fingerprint density at radius 1 is 0.652 bits per heavy atom. The number of hydrogen-bond acceptors (Lipinski definition) is 2. The minimum absolute atomic E-state index is 0.858. The monoisotopic (exact) mass is 318 g/mol. The Morgan fingerprint density at radius 3 is 1.57 bits per heavy atom. The summed E-state index contributed by atoms with van der Waals surface area (Å²) in [6, 6.07) is 29.6. The van der Waals surface area contributed by atoms with Gasteiger partial charge in [0.05, 0.1) is 0 Å². The van der Waals surface area contributed by atoms with Crippen LogP contribution in [0.2, 0.25) is 0 Å². The van der Waals surface area contributed by atoms with Crippen LogP contribution >= 0.6 is 11.8 Å². The van der Waals surface area contributed by atoms with Crippen molar-refractivity contribution in [1.29, 1.82) is 0 Å². The summed E-state index contributed by atoms with van der Waals surface area (Å²) in [5.41, 5.74) is 0.580. The first-order valence-electron chi connectivity index (χ1n) is 7.52. The first kappa shape index (κ1) is 15.6. The van der Waals surface area contributed by atoms with Gasteiger partial charge in [0.1, 0.15) is 5.60 Å². The summed E-state index contributed by atoms with van der Waals surface area (Å²) >= 11 is 1.60. The number of benzene rings is 3. The van der Waals surface area contributed by atoms with E-state index >= 15 is 0 Å². The summed E-state index contributed by atoms with van der Waals surface area (Å²) in [7, 11) is 0. The van der Waals surface area contributed by atoms with Crippen molar-refractivity contribution in [3.8, 4) is 0 Å². The second-order valence-electron chi connectivity index (χ2n) is 5.23. The van der Waals surface area contributed by atoms with Gasteiger partial charge in [-0.25, -0.2) is 0 Å². The average Bonchev–Trinajstić information content (AvgIpc) is 2.64. The van der Waals surface area contributed by atoms with E-state index in [1.165, 1.54) is 0 Å². The second-order valence-corrected chi connectivity index (χ2v) is 6.21. The number of aliphatic hydroxyl groups is 1. The maximum absolute atomic E-state index is 11.3. The van der Waals surface area contributed by atoms with E-state index in [-0.39, 0.29) is 0 Å². The third-order valence-electron chi connectivity index (χ3n) is 3.68. The smallest absolute Gasteiger partial charge is 0.134 e. The molecular formula is C21H18OS. The van der Waals surface area contributed by atoms with Crippen LogP contribution in [0.15, 0.2) is 107 Å². The van der Waals surface area contributed by atoms with Crippen LogP contribution in [0.25, 0.3) is 0 Å². The Balaban J connectivity index is 1.93. The van der Waals surface area contributed by atoms with Gasteiger partial charge in [-0.15, -0.1) is 0 Å². The van der Waals surface area contributed by atoms with Gasteiger partial charge in [-0.2, -0.15) is 0 Å². The molecule has 1 nitrogen and oxygen atoms in total. The van der Waals surface area contributed by atoms with E-state index in [1.54, 1.807) is 11.8 Å². The summed E-state index contributed by atoms with van der Waals surface area (Å²) in [6.07, 6.45) is 1.86. The summed E-state index contributed by atoms with van der Waals surface area (Å²) in [5.74, 6) is 0. The van der Waals surface area contributed by atoms with Gasteiger partial charge >= 0.3 is 0 Å². The molecule has 114 valence electrons. The molecule has 3 rings (SSSR count). The van der Waals surface area contributed by atoms with Gasteiger partial charge in [-0.1, -0.05) is 90.6 Å². The van der Waals surface area contributed by atoms with E-state index in [1.807, 2.05) is 90.3 Å². The molecule has 0 aliphatic heterocycles. The molecule has 0 aliphatic rings. The van der Waals surface area contributed by atoms with Gasteiger partial charge in [0.25, 0.3) is 0 Å². The zero-order valence-corrected chi connectivity index (χ0v) is 13.5. The van der Waals surface area contributed by atoms with Crippen LogP contribution in [0.4, 0.5) is 0 Å². The molecule has 0 amide bonds. The predicted octanol–water partition coefficient (Wildman–Crippen LogP) is 5.23. The molecule has 0 atom stereocenters. The van der Waals surface area contributed by atoms with Gasteiger partial charge < -0.3 is 5.11 Å². The van der Waals surface area contributed by atoms with Crippen LogP contribution in [-0.2, 0) is 5.60 Å². The lowest BCUT2D eigenvalue weighted by molar-refractivity contribution is 0.135. The molecule has 3 aromatic carbocycles. The van der Waals surface area contributed by atoms with Crippen LogP contribution in [0, 0.1) is 0 Å². The minimum Gasteiger partial charge on any atom is -0.377 e. The van der Waals surface area contributed by atoms with Crippen LogP contribution in [-0.4, -0.2) is 5.11 Å². The summed E-state index contributed by atoms with van der Waals surface area (Å²) in [5, 5.41) is 13.3. The molecular weight excluding hydrogens is 300 g/mol. The van der Waals surface area contributed by atoms with E-state index in [0.29, 0.717) is 0 Å². The lowest BCUT2D eigenvalue weighted by Gasteiger charge is -2.26. The van der Waals surface area contributed by atoms with Crippen molar-refractivity contribution in [2.24, 2.45) is 0 Å². The quantitative estimate of drug-likeness (QED) is 0.650. The highest BCUT2D eigenvalue weighted by Gasteiger charge is 2.28. The summed E-state index contributed by atoms with van der Waals surface area (Å²) in [6.45, 7) is 0. The molecule has 2 heteroatoms. The topological polar surface area (TPSA) is 20.2 Å². The van der Waals surface area contributed by atoms with E-state index in [0.717, 1.165) is 16.0 Å². The average molecular weight is 318 g/mol. The Bertz CT molecular complexity index is 712. The summed E-state index contributed by atoms with van der Waals surface area (Å²) in [4.78, 5) is 1.15. The molecule has 0 saturated heterocycles. The first-order valence-corrected chi connectivity index (χ1v) is 8.40. The molecule has 0 saturated carbocycles. The van der Waals surface area contributed by atoms with E-state index < -0.39 is 5.60 Å². The van der Waals surface area contributed by atoms with Crippen molar-refractivity contribution in [3.63, 3.8) is 0 Å². The SMILES string of the molecule is OC(/C=C/Sc1ccccc1)(c1ccccc1)c1ccccc1. The Morgan fingerprint density at radius 2 is 1.09 bits per heavy atom. The Labute approximate surface area is 141 Å². The lowest BCUT2D eigenvalue weighted by Crippen LogP contribution is -2.24. The second kappa shape index (κ2) is 7.32. The minimum atomic E-state index is -1.13. The normalized spacial score (nSPS) is 11.7. The van der Waals surface area contributed by atoms with Crippen LogP contribution in [0.5, 0.6) is 0 Å². The molecule has 0 bridgehead atoms. The van der Waals surface area contributed by atoms with Crippen molar-refractivity contribution >= 4 is 11.8 Å². The first-order chi connectivity index (χ1) is 11.3. The molecule has 0 heterocycles. The van der Waals surface area contributed by atoms with Crippen molar-refractivity contribution in [1.82, 2.24) is 0 Å². The van der Waals surface area contributed by atoms with Gasteiger partial charge in [-0.05, 0) is 34.7 Å². The van der Waals surface area contributed by atoms with Gasteiger partial charge in [-0.3, -0.25) is 0 Å². The highest BCUT2D eigenvalue weighted by Crippen LogP contribution is 2.32. The van der Waals surface area contributed by atoms with Crippen LogP contribution in [0.1, 0.15) is 11.1 Å². The fourth-order valence-electron chi connectivity index (χ4n) is 2.45. The Hall–Kier alpha value is -2.29. The van der Waals surface area contributed by atoms with E-state index in [9.17, 15) is 5.11 Å². The lowest BCUT2D eigenvalue weighted by atomic mass is 9.86. The molecule has 23 heavy (non-hydrogen) atoms. The zero-order valence-electron chi connectivity index (χ0n) is 12.7. The molecule has 0 aromatic heterocycles. The molecule has 0 spiro atoms. The van der Waals surface area contributed by atoms with Crippen molar-refractivity contribution in [2.45, 2.75) is 10.5 Å². The fourth-order valence-corrected chi connectivity index (χ4v) is 3.19.